The van der Waals surface area contributed by atoms with Crippen molar-refractivity contribution in [1.82, 2.24) is 0 Å². The van der Waals surface area contributed by atoms with E-state index < -0.39 is 10.1 Å². The topological polar surface area (TPSA) is 92.7 Å². The predicted octanol–water partition coefficient (Wildman–Crippen LogP) is 3.35. The molecular weight excluding hydrogens is 342 g/mol. The molecule has 0 saturated heterocycles. The van der Waals surface area contributed by atoms with E-state index in [4.69, 9.17) is 4.74 Å². The fourth-order valence-corrected chi connectivity index (χ4v) is 3.32. The maximum atomic E-state index is 12.6. The Kier molecular flexibility index (Phi) is 4.43. The number of para-hydroxylation sites is 1. The summed E-state index contributed by atoms with van der Waals surface area (Å²) in [4.78, 5) is 12.4. The summed E-state index contributed by atoms with van der Waals surface area (Å²) in [6.07, 6.45) is 0. The Balaban J connectivity index is 2.07. The molecule has 6 nitrogen and oxygen atoms in total. The van der Waals surface area contributed by atoms with Crippen LogP contribution in [-0.4, -0.2) is 26.0 Å². The summed E-state index contributed by atoms with van der Waals surface area (Å²) >= 11 is 0. The number of hydrogen-bond acceptors (Lipinski definition) is 4. The van der Waals surface area contributed by atoms with E-state index in [0.29, 0.717) is 27.8 Å². The van der Waals surface area contributed by atoms with Crippen molar-refractivity contribution in [1.29, 1.82) is 0 Å². The van der Waals surface area contributed by atoms with Crippen LogP contribution in [0.3, 0.4) is 0 Å². The molecule has 0 spiro atoms. The summed E-state index contributed by atoms with van der Waals surface area (Å²) in [5.74, 6) is 0.0427. The van der Waals surface area contributed by atoms with Gasteiger partial charge in [0.2, 0.25) is 0 Å². The van der Waals surface area contributed by atoms with Gasteiger partial charge in [0.25, 0.3) is 16.0 Å². The quantitative estimate of drug-likeness (QED) is 0.699. The first-order chi connectivity index (χ1) is 11.9. The SMILES string of the molecule is COc1ccccc1C(=O)Nc1ccc(S(=O)(=O)O)c2ccccc12. The fourth-order valence-electron chi connectivity index (χ4n) is 2.63. The molecule has 0 unspecified atom stereocenters. The van der Waals surface area contributed by atoms with Crippen molar-refractivity contribution >= 4 is 32.5 Å². The smallest absolute Gasteiger partial charge is 0.295 e. The zero-order valence-corrected chi connectivity index (χ0v) is 14.1. The first kappa shape index (κ1) is 16.9. The molecule has 0 saturated carbocycles. The minimum absolute atomic E-state index is 0.210. The van der Waals surface area contributed by atoms with Crippen LogP contribution in [0.4, 0.5) is 5.69 Å². The molecule has 25 heavy (non-hydrogen) atoms. The van der Waals surface area contributed by atoms with Crippen LogP contribution in [0.1, 0.15) is 10.4 Å². The summed E-state index contributed by atoms with van der Waals surface area (Å²) in [7, 11) is -2.90. The number of ether oxygens (including phenoxy) is 1. The number of benzene rings is 3. The Morgan fingerprint density at radius 1 is 0.960 bits per heavy atom. The third-order valence-corrected chi connectivity index (χ3v) is 4.67. The number of carbonyl (C=O) groups excluding carboxylic acids is 1. The molecule has 0 aliphatic heterocycles. The molecule has 3 aromatic carbocycles. The van der Waals surface area contributed by atoms with Gasteiger partial charge in [0.1, 0.15) is 10.6 Å². The van der Waals surface area contributed by atoms with Gasteiger partial charge in [0, 0.05) is 16.5 Å². The zero-order valence-electron chi connectivity index (χ0n) is 13.3. The number of rotatable bonds is 4. The third kappa shape index (κ3) is 3.33. The van der Waals surface area contributed by atoms with Crippen molar-refractivity contribution in [2.24, 2.45) is 0 Å². The summed E-state index contributed by atoms with van der Waals surface area (Å²) in [5.41, 5.74) is 0.784. The maximum absolute atomic E-state index is 12.6. The molecule has 0 atom stereocenters. The van der Waals surface area contributed by atoms with Gasteiger partial charge in [-0.3, -0.25) is 9.35 Å². The van der Waals surface area contributed by atoms with Crippen LogP contribution >= 0.6 is 0 Å². The summed E-state index contributed by atoms with van der Waals surface area (Å²) in [6.45, 7) is 0. The van der Waals surface area contributed by atoms with Crippen LogP contribution in [-0.2, 0) is 10.1 Å². The number of carbonyl (C=O) groups is 1. The number of methoxy groups -OCH3 is 1. The fraction of sp³-hybridized carbons (Fsp3) is 0.0556. The lowest BCUT2D eigenvalue weighted by molar-refractivity contribution is 0.102. The normalized spacial score (nSPS) is 11.3. The second-order valence-electron chi connectivity index (χ2n) is 5.29. The Morgan fingerprint density at radius 3 is 2.28 bits per heavy atom. The van der Waals surface area contributed by atoms with E-state index in [1.165, 1.54) is 19.2 Å². The highest BCUT2D eigenvalue weighted by Crippen LogP contribution is 2.30. The van der Waals surface area contributed by atoms with E-state index in [-0.39, 0.29) is 10.8 Å². The molecule has 0 aromatic heterocycles. The maximum Gasteiger partial charge on any atom is 0.295 e. The van der Waals surface area contributed by atoms with Crippen LogP contribution in [0.5, 0.6) is 5.75 Å². The van der Waals surface area contributed by atoms with Crippen molar-refractivity contribution in [3.63, 3.8) is 0 Å². The number of hydrogen-bond donors (Lipinski definition) is 2. The van der Waals surface area contributed by atoms with E-state index in [1.807, 2.05) is 0 Å². The molecular formula is C18H15NO5S. The third-order valence-electron chi connectivity index (χ3n) is 3.76. The lowest BCUT2D eigenvalue weighted by Crippen LogP contribution is -2.13. The van der Waals surface area contributed by atoms with Gasteiger partial charge in [-0.2, -0.15) is 8.42 Å². The van der Waals surface area contributed by atoms with Gasteiger partial charge in [-0.1, -0.05) is 36.4 Å². The molecule has 0 aliphatic carbocycles. The van der Waals surface area contributed by atoms with E-state index in [9.17, 15) is 17.8 Å². The first-order valence-corrected chi connectivity index (χ1v) is 8.79. The highest BCUT2D eigenvalue weighted by Gasteiger charge is 2.18. The van der Waals surface area contributed by atoms with Gasteiger partial charge in [0.15, 0.2) is 0 Å². The van der Waals surface area contributed by atoms with Gasteiger partial charge >= 0.3 is 0 Å². The summed E-state index contributed by atoms with van der Waals surface area (Å²) in [5, 5.41) is 3.58. The number of nitrogens with one attached hydrogen (secondary N) is 1. The van der Waals surface area contributed by atoms with Crippen molar-refractivity contribution in [2.75, 3.05) is 12.4 Å². The van der Waals surface area contributed by atoms with E-state index >= 15 is 0 Å². The van der Waals surface area contributed by atoms with Gasteiger partial charge in [-0.25, -0.2) is 0 Å². The molecule has 0 bridgehead atoms. The molecule has 0 aliphatic rings. The van der Waals surface area contributed by atoms with Crippen LogP contribution in [0.15, 0.2) is 65.6 Å². The van der Waals surface area contributed by atoms with E-state index in [2.05, 4.69) is 5.32 Å². The van der Waals surface area contributed by atoms with Crippen molar-refractivity contribution in [2.45, 2.75) is 4.90 Å². The van der Waals surface area contributed by atoms with Gasteiger partial charge in [0.05, 0.1) is 12.7 Å². The standard InChI is InChI=1S/C18H15NO5S/c1-24-16-9-5-4-8-14(16)18(20)19-15-10-11-17(25(21,22)23)13-7-3-2-6-12(13)15/h2-11H,1H3,(H,19,20)(H,21,22,23). The highest BCUT2D eigenvalue weighted by molar-refractivity contribution is 7.86. The molecule has 1 amide bonds. The van der Waals surface area contributed by atoms with Crippen molar-refractivity contribution in [3.05, 3.63) is 66.2 Å². The lowest BCUT2D eigenvalue weighted by atomic mass is 10.1. The Bertz CT molecular complexity index is 1060. The van der Waals surface area contributed by atoms with E-state index in [0.717, 1.165) is 0 Å². The van der Waals surface area contributed by atoms with Crippen molar-refractivity contribution in [3.8, 4) is 5.75 Å². The molecule has 0 radical (unpaired) electrons. The second-order valence-corrected chi connectivity index (χ2v) is 6.68. The van der Waals surface area contributed by atoms with E-state index in [1.54, 1.807) is 48.5 Å². The Labute approximate surface area is 144 Å². The first-order valence-electron chi connectivity index (χ1n) is 7.35. The molecule has 0 heterocycles. The number of fused-ring (bicyclic) bond motifs is 1. The Morgan fingerprint density at radius 2 is 1.60 bits per heavy atom. The molecule has 3 rings (SSSR count). The van der Waals surface area contributed by atoms with Gasteiger partial charge in [-0.15, -0.1) is 0 Å². The summed E-state index contributed by atoms with van der Waals surface area (Å²) in [6, 6.07) is 16.1. The minimum Gasteiger partial charge on any atom is -0.496 e. The lowest BCUT2D eigenvalue weighted by Gasteiger charge is -2.12. The van der Waals surface area contributed by atoms with Gasteiger partial charge < -0.3 is 10.1 Å². The number of amides is 1. The second kappa shape index (κ2) is 6.54. The minimum atomic E-state index is -4.37. The van der Waals surface area contributed by atoms with Crippen LogP contribution < -0.4 is 10.1 Å². The highest BCUT2D eigenvalue weighted by atomic mass is 32.2. The van der Waals surface area contributed by atoms with Crippen LogP contribution in [0, 0.1) is 0 Å². The largest absolute Gasteiger partial charge is 0.496 e. The molecule has 2 N–H and O–H groups in total. The summed E-state index contributed by atoms with van der Waals surface area (Å²) < 4.78 is 37.6. The molecule has 3 aromatic rings. The predicted molar refractivity (Wildman–Crippen MR) is 94.7 cm³/mol. The average Bonchev–Trinajstić information content (AvgIpc) is 2.60. The monoisotopic (exact) mass is 357 g/mol. The molecule has 0 fully saturated rings. The molecule has 7 heteroatoms. The average molecular weight is 357 g/mol. The van der Waals surface area contributed by atoms with Crippen molar-refractivity contribution < 1.29 is 22.5 Å². The van der Waals surface area contributed by atoms with Crippen LogP contribution in [0.2, 0.25) is 0 Å². The van der Waals surface area contributed by atoms with Crippen LogP contribution in [0.25, 0.3) is 10.8 Å². The Hall–Kier alpha value is -2.90. The van der Waals surface area contributed by atoms with Gasteiger partial charge in [-0.05, 0) is 24.3 Å². The molecule has 128 valence electrons. The number of anilines is 1. The zero-order chi connectivity index (χ0) is 18.0.